The van der Waals surface area contributed by atoms with Gasteiger partial charge in [0, 0.05) is 5.54 Å². The predicted octanol–water partition coefficient (Wildman–Crippen LogP) is 1.94. The van der Waals surface area contributed by atoms with Crippen LogP contribution in [-0.4, -0.2) is 22.5 Å². The predicted molar refractivity (Wildman–Crippen MR) is 68.3 cm³/mol. The molecule has 19 heavy (non-hydrogen) atoms. The van der Waals surface area contributed by atoms with Crippen molar-refractivity contribution in [3.8, 4) is 0 Å². The average molecular weight is 263 g/mol. The molecule has 4 heteroatoms. The summed E-state index contributed by atoms with van der Waals surface area (Å²) in [5, 5.41) is 11.7. The van der Waals surface area contributed by atoms with E-state index in [0.29, 0.717) is 0 Å². The van der Waals surface area contributed by atoms with E-state index in [0.717, 1.165) is 30.6 Å². The normalized spacial score (nSPS) is 44.9. The van der Waals surface area contributed by atoms with Gasteiger partial charge < -0.3 is 10.4 Å². The maximum Gasteiger partial charge on any atom is 0.394 e. The van der Waals surface area contributed by atoms with Gasteiger partial charge in [-0.05, 0) is 74.5 Å². The lowest BCUT2D eigenvalue weighted by Crippen LogP contribution is -2.59. The van der Waals surface area contributed by atoms with Gasteiger partial charge in [-0.1, -0.05) is 0 Å². The van der Waals surface area contributed by atoms with Crippen LogP contribution in [-0.2, 0) is 9.59 Å². The Bertz CT molecular complexity index is 417. The van der Waals surface area contributed by atoms with Gasteiger partial charge >= 0.3 is 11.9 Å². The molecule has 5 rings (SSSR count). The minimum Gasteiger partial charge on any atom is -0.474 e. The smallest absolute Gasteiger partial charge is 0.394 e. The standard InChI is InChI=1S/C15H21NO3/c17-12(13(18)19)16-15(1-2-15)14-6-9-3-10(7-14)5-11(4-9)8-14/h9-11H,1-8H2,(H,16,17)(H,18,19). The molecule has 0 aromatic heterocycles. The first kappa shape index (κ1) is 11.7. The monoisotopic (exact) mass is 263 g/mol. The Kier molecular flexibility index (Phi) is 2.18. The lowest BCUT2D eigenvalue weighted by molar-refractivity contribution is -0.152. The van der Waals surface area contributed by atoms with Crippen molar-refractivity contribution in [2.24, 2.45) is 23.2 Å². The number of nitrogens with one attached hydrogen (secondary N) is 1. The molecular weight excluding hydrogens is 242 g/mol. The van der Waals surface area contributed by atoms with E-state index in [1.807, 2.05) is 0 Å². The summed E-state index contributed by atoms with van der Waals surface area (Å²) in [5.41, 5.74) is 0.0609. The minimum atomic E-state index is -1.34. The van der Waals surface area contributed by atoms with E-state index in [-0.39, 0.29) is 11.0 Å². The molecule has 0 radical (unpaired) electrons. The van der Waals surface area contributed by atoms with Crippen LogP contribution >= 0.6 is 0 Å². The van der Waals surface area contributed by atoms with Gasteiger partial charge in [0.15, 0.2) is 0 Å². The molecule has 4 bridgehead atoms. The number of rotatable bonds is 2. The first-order valence-electron chi connectivity index (χ1n) is 7.57. The zero-order valence-electron chi connectivity index (χ0n) is 11.2. The second kappa shape index (κ2) is 3.53. The fourth-order valence-corrected chi connectivity index (χ4v) is 5.88. The van der Waals surface area contributed by atoms with Crippen molar-refractivity contribution in [2.45, 2.75) is 56.9 Å². The van der Waals surface area contributed by atoms with Crippen LogP contribution < -0.4 is 5.32 Å². The van der Waals surface area contributed by atoms with Gasteiger partial charge in [-0.25, -0.2) is 4.79 Å². The highest BCUT2D eigenvalue weighted by molar-refractivity contribution is 6.31. The van der Waals surface area contributed by atoms with E-state index in [1.54, 1.807) is 0 Å². The summed E-state index contributed by atoms with van der Waals surface area (Å²) < 4.78 is 0. The molecule has 0 unspecified atom stereocenters. The maximum atomic E-state index is 11.6. The molecule has 0 aromatic rings. The van der Waals surface area contributed by atoms with Gasteiger partial charge in [-0.3, -0.25) is 4.79 Å². The Balaban J connectivity index is 1.61. The highest BCUT2D eigenvalue weighted by Gasteiger charge is 2.65. The van der Waals surface area contributed by atoms with E-state index < -0.39 is 11.9 Å². The van der Waals surface area contributed by atoms with Gasteiger partial charge in [0.25, 0.3) is 0 Å². The summed E-state index contributed by atoms with van der Waals surface area (Å²) >= 11 is 0. The van der Waals surface area contributed by atoms with Gasteiger partial charge in [0.1, 0.15) is 0 Å². The molecule has 2 N–H and O–H groups in total. The molecule has 0 heterocycles. The molecule has 5 saturated carbocycles. The molecule has 1 amide bonds. The molecule has 5 fully saturated rings. The Morgan fingerprint density at radius 1 is 0.947 bits per heavy atom. The largest absolute Gasteiger partial charge is 0.474 e. The zero-order valence-corrected chi connectivity index (χ0v) is 11.2. The number of carbonyl (C=O) groups is 2. The van der Waals surface area contributed by atoms with E-state index >= 15 is 0 Å². The minimum absolute atomic E-state index is 0.168. The van der Waals surface area contributed by atoms with Crippen LogP contribution in [0.15, 0.2) is 0 Å². The Hall–Kier alpha value is -1.06. The van der Waals surface area contributed by atoms with Gasteiger partial charge in [-0.2, -0.15) is 0 Å². The zero-order chi connectivity index (χ0) is 13.3. The summed E-state index contributed by atoms with van der Waals surface area (Å²) in [7, 11) is 0. The van der Waals surface area contributed by atoms with Crippen molar-refractivity contribution in [2.75, 3.05) is 0 Å². The summed E-state index contributed by atoms with van der Waals surface area (Å²) in [6.07, 6.45) is 9.76. The van der Waals surface area contributed by atoms with E-state index in [9.17, 15) is 9.59 Å². The highest BCUT2D eigenvalue weighted by atomic mass is 16.4. The van der Waals surface area contributed by atoms with Gasteiger partial charge in [-0.15, -0.1) is 0 Å². The number of carbonyl (C=O) groups excluding carboxylic acids is 1. The number of carboxylic acids is 1. The quantitative estimate of drug-likeness (QED) is 0.748. The van der Waals surface area contributed by atoms with Gasteiger partial charge in [0.05, 0.1) is 0 Å². The van der Waals surface area contributed by atoms with Crippen molar-refractivity contribution in [1.29, 1.82) is 0 Å². The summed E-state index contributed by atoms with van der Waals surface area (Å²) in [4.78, 5) is 22.4. The topological polar surface area (TPSA) is 66.4 Å². The summed E-state index contributed by atoms with van der Waals surface area (Å²) in [5.74, 6) is 0.380. The molecule has 0 atom stereocenters. The van der Waals surface area contributed by atoms with E-state index in [2.05, 4.69) is 5.32 Å². The number of hydrogen-bond donors (Lipinski definition) is 2. The third-order valence-electron chi connectivity index (χ3n) is 6.35. The molecule has 0 aromatic carbocycles. The molecule has 0 aliphatic heterocycles. The molecular formula is C15H21NO3. The fourth-order valence-electron chi connectivity index (χ4n) is 5.88. The summed E-state index contributed by atoms with van der Waals surface area (Å²) in [6, 6.07) is 0. The van der Waals surface area contributed by atoms with Crippen LogP contribution in [0.2, 0.25) is 0 Å². The van der Waals surface area contributed by atoms with E-state index in [1.165, 1.54) is 38.5 Å². The van der Waals surface area contributed by atoms with Gasteiger partial charge in [0.2, 0.25) is 0 Å². The molecule has 104 valence electrons. The lowest BCUT2D eigenvalue weighted by Gasteiger charge is -2.60. The van der Waals surface area contributed by atoms with Crippen LogP contribution in [0, 0.1) is 23.2 Å². The molecule has 0 spiro atoms. The van der Waals surface area contributed by atoms with Crippen molar-refractivity contribution < 1.29 is 14.7 Å². The number of amides is 1. The highest BCUT2D eigenvalue weighted by Crippen LogP contribution is 2.68. The van der Waals surface area contributed by atoms with Crippen LogP contribution in [0.1, 0.15) is 51.4 Å². The molecule has 4 nitrogen and oxygen atoms in total. The second-order valence-electron chi connectivity index (χ2n) is 7.54. The van der Waals surface area contributed by atoms with Crippen molar-refractivity contribution >= 4 is 11.9 Å². The van der Waals surface area contributed by atoms with Crippen LogP contribution in [0.25, 0.3) is 0 Å². The first-order chi connectivity index (χ1) is 9.02. The Morgan fingerprint density at radius 3 is 1.79 bits per heavy atom. The second-order valence-corrected chi connectivity index (χ2v) is 7.54. The first-order valence-corrected chi connectivity index (χ1v) is 7.57. The third-order valence-corrected chi connectivity index (χ3v) is 6.35. The third kappa shape index (κ3) is 1.58. The van der Waals surface area contributed by atoms with Crippen LogP contribution in [0.4, 0.5) is 0 Å². The Labute approximate surface area is 112 Å². The van der Waals surface area contributed by atoms with Crippen molar-refractivity contribution in [3.05, 3.63) is 0 Å². The van der Waals surface area contributed by atoms with E-state index in [4.69, 9.17) is 5.11 Å². The fraction of sp³-hybridized carbons (Fsp3) is 0.867. The molecule has 0 saturated heterocycles. The van der Waals surface area contributed by atoms with Crippen LogP contribution in [0.3, 0.4) is 0 Å². The average Bonchev–Trinajstić information content (AvgIpc) is 3.08. The van der Waals surface area contributed by atoms with Crippen molar-refractivity contribution in [3.63, 3.8) is 0 Å². The Morgan fingerprint density at radius 2 is 1.42 bits per heavy atom. The number of hydrogen-bond acceptors (Lipinski definition) is 2. The number of carboxylic acid groups (broad SMARTS) is 1. The van der Waals surface area contributed by atoms with Crippen molar-refractivity contribution in [1.82, 2.24) is 5.32 Å². The lowest BCUT2D eigenvalue weighted by atomic mass is 9.47. The molecule has 5 aliphatic carbocycles. The maximum absolute atomic E-state index is 11.6. The number of aliphatic carboxylic acids is 1. The van der Waals surface area contributed by atoms with Crippen LogP contribution in [0.5, 0.6) is 0 Å². The summed E-state index contributed by atoms with van der Waals surface area (Å²) in [6.45, 7) is 0. The SMILES string of the molecule is O=C(O)C(=O)NC1(C23CC4CC(CC(C4)C2)C3)CC1. The molecule has 5 aliphatic rings.